The summed E-state index contributed by atoms with van der Waals surface area (Å²) in [5, 5.41) is 0. The van der Waals surface area contributed by atoms with Crippen molar-refractivity contribution in [3.8, 4) is 11.5 Å². The zero-order valence-corrected chi connectivity index (χ0v) is 15.9. The van der Waals surface area contributed by atoms with E-state index in [1.54, 1.807) is 0 Å². The normalized spacial score (nSPS) is 16.4. The van der Waals surface area contributed by atoms with E-state index in [0.717, 1.165) is 54.4 Å². The van der Waals surface area contributed by atoms with Gasteiger partial charge in [-0.3, -0.25) is 4.79 Å². The van der Waals surface area contributed by atoms with Crippen LogP contribution < -0.4 is 14.4 Å². The minimum absolute atomic E-state index is 0.0608. The average molecular weight is 367 g/mol. The molecule has 0 saturated carbocycles. The molecule has 0 radical (unpaired) electrons. The number of carbonyl (C=O) groups is 1. The van der Waals surface area contributed by atoms with Gasteiger partial charge in [0.2, 0.25) is 12.7 Å². The maximum Gasteiger partial charge on any atom is 0.231 e. The van der Waals surface area contributed by atoms with Gasteiger partial charge in [-0.1, -0.05) is 18.2 Å². The Morgan fingerprint density at radius 2 is 2.04 bits per heavy atom. The zero-order valence-electron chi connectivity index (χ0n) is 15.9. The fourth-order valence-corrected chi connectivity index (χ4v) is 3.76. The van der Waals surface area contributed by atoms with Crippen LogP contribution in [0.15, 0.2) is 36.5 Å². The minimum Gasteiger partial charge on any atom is -0.454 e. The van der Waals surface area contributed by atoms with Crippen LogP contribution in [0.25, 0.3) is 0 Å². The van der Waals surface area contributed by atoms with Crippen molar-refractivity contribution in [2.24, 2.45) is 5.92 Å². The molecule has 4 rings (SSSR count). The summed E-state index contributed by atoms with van der Waals surface area (Å²) in [5.41, 5.74) is 2.15. The van der Waals surface area contributed by atoms with Gasteiger partial charge in [0, 0.05) is 44.4 Å². The van der Waals surface area contributed by atoms with E-state index in [2.05, 4.69) is 22.0 Å². The molecule has 3 heterocycles. The molecule has 0 N–H and O–H groups in total. The predicted molar refractivity (Wildman–Crippen MR) is 103 cm³/mol. The van der Waals surface area contributed by atoms with E-state index in [1.807, 2.05) is 43.3 Å². The summed E-state index contributed by atoms with van der Waals surface area (Å²) < 4.78 is 11.0. The third kappa shape index (κ3) is 3.70. The first-order valence-corrected chi connectivity index (χ1v) is 9.42. The van der Waals surface area contributed by atoms with Crippen molar-refractivity contribution in [3.63, 3.8) is 0 Å². The van der Waals surface area contributed by atoms with E-state index < -0.39 is 0 Å². The summed E-state index contributed by atoms with van der Waals surface area (Å²) in [6.07, 6.45) is 3.60. The Morgan fingerprint density at radius 1 is 1.22 bits per heavy atom. The van der Waals surface area contributed by atoms with E-state index in [0.29, 0.717) is 6.54 Å². The fraction of sp³-hybridized carbons (Fsp3) is 0.429. The van der Waals surface area contributed by atoms with E-state index in [9.17, 15) is 4.79 Å². The monoisotopic (exact) mass is 367 g/mol. The highest BCUT2D eigenvalue weighted by molar-refractivity contribution is 5.79. The number of aryl methyl sites for hydroxylation is 1. The van der Waals surface area contributed by atoms with Gasteiger partial charge in [0.15, 0.2) is 11.5 Å². The van der Waals surface area contributed by atoms with Crippen LogP contribution in [0.3, 0.4) is 0 Å². The Bertz CT molecular complexity index is 814. The van der Waals surface area contributed by atoms with Gasteiger partial charge in [0.05, 0.1) is 0 Å². The van der Waals surface area contributed by atoms with Gasteiger partial charge in [0.25, 0.3) is 0 Å². The number of rotatable bonds is 4. The van der Waals surface area contributed by atoms with E-state index in [-0.39, 0.29) is 18.6 Å². The van der Waals surface area contributed by atoms with Gasteiger partial charge in [-0.25, -0.2) is 4.98 Å². The summed E-state index contributed by atoms with van der Waals surface area (Å²) in [6, 6.07) is 9.96. The van der Waals surface area contributed by atoms with Crippen LogP contribution in [0.4, 0.5) is 5.82 Å². The molecule has 6 heteroatoms. The highest BCUT2D eigenvalue weighted by atomic mass is 16.7. The second kappa shape index (κ2) is 7.47. The molecule has 1 amide bonds. The van der Waals surface area contributed by atoms with Crippen molar-refractivity contribution in [2.75, 3.05) is 31.8 Å². The van der Waals surface area contributed by atoms with Crippen molar-refractivity contribution in [1.82, 2.24) is 9.88 Å². The maximum absolute atomic E-state index is 12.9. The Kier molecular flexibility index (Phi) is 4.88. The lowest BCUT2D eigenvalue weighted by Crippen LogP contribution is -2.41. The Balaban J connectivity index is 1.35. The number of anilines is 1. The maximum atomic E-state index is 12.9. The van der Waals surface area contributed by atoms with Crippen LogP contribution in [0.1, 0.15) is 24.0 Å². The van der Waals surface area contributed by atoms with Crippen LogP contribution in [0, 0.1) is 12.8 Å². The summed E-state index contributed by atoms with van der Waals surface area (Å²) >= 11 is 0. The van der Waals surface area contributed by atoms with Crippen molar-refractivity contribution in [3.05, 3.63) is 47.7 Å². The van der Waals surface area contributed by atoms with Crippen LogP contribution >= 0.6 is 0 Å². The highest BCUT2D eigenvalue weighted by Crippen LogP contribution is 2.36. The molecule has 2 aliphatic heterocycles. The standard InChI is InChI=1S/C21H25N3O3/c1-15-6-7-19(22-12-15)24-10-8-16(9-11-24)21(25)23(2)13-17-4-3-5-18-20(17)27-14-26-18/h3-7,12,16H,8-11,13-14H2,1-2H3. The summed E-state index contributed by atoms with van der Waals surface area (Å²) in [4.78, 5) is 21.5. The molecule has 0 unspecified atom stereocenters. The lowest BCUT2D eigenvalue weighted by molar-refractivity contribution is -0.135. The van der Waals surface area contributed by atoms with Crippen molar-refractivity contribution in [2.45, 2.75) is 26.3 Å². The van der Waals surface area contributed by atoms with Crippen molar-refractivity contribution >= 4 is 11.7 Å². The summed E-state index contributed by atoms with van der Waals surface area (Å²) in [7, 11) is 1.87. The molecular weight excluding hydrogens is 342 g/mol. The quantitative estimate of drug-likeness (QED) is 0.832. The van der Waals surface area contributed by atoms with Gasteiger partial charge in [-0.05, 0) is 37.5 Å². The lowest BCUT2D eigenvalue weighted by atomic mass is 9.95. The lowest BCUT2D eigenvalue weighted by Gasteiger charge is -2.34. The van der Waals surface area contributed by atoms with Crippen molar-refractivity contribution < 1.29 is 14.3 Å². The SMILES string of the molecule is Cc1ccc(N2CCC(C(=O)N(C)Cc3cccc4c3OCO4)CC2)nc1. The number of pyridine rings is 1. The van der Waals surface area contributed by atoms with Gasteiger partial charge >= 0.3 is 0 Å². The molecule has 1 fully saturated rings. The topological polar surface area (TPSA) is 54.9 Å². The molecule has 2 aliphatic rings. The molecule has 1 saturated heterocycles. The zero-order chi connectivity index (χ0) is 18.8. The highest BCUT2D eigenvalue weighted by Gasteiger charge is 2.28. The summed E-state index contributed by atoms with van der Waals surface area (Å²) in [6.45, 7) is 4.54. The van der Waals surface area contributed by atoms with Gasteiger partial charge in [-0.15, -0.1) is 0 Å². The number of hydrogen-bond donors (Lipinski definition) is 0. The third-order valence-electron chi connectivity index (χ3n) is 5.33. The molecule has 2 aromatic rings. The van der Waals surface area contributed by atoms with E-state index in [4.69, 9.17) is 9.47 Å². The first kappa shape index (κ1) is 17.6. The average Bonchev–Trinajstić information content (AvgIpc) is 3.18. The van der Waals surface area contributed by atoms with Crippen LogP contribution in [-0.4, -0.2) is 42.7 Å². The first-order valence-electron chi connectivity index (χ1n) is 9.42. The number of para-hydroxylation sites is 1. The largest absolute Gasteiger partial charge is 0.454 e. The predicted octanol–water partition coefficient (Wildman–Crippen LogP) is 2.99. The minimum atomic E-state index is 0.0608. The van der Waals surface area contributed by atoms with Gasteiger partial charge in [-0.2, -0.15) is 0 Å². The second-order valence-corrected chi connectivity index (χ2v) is 7.30. The fourth-order valence-electron chi connectivity index (χ4n) is 3.76. The Labute approximate surface area is 159 Å². The molecular formula is C21H25N3O3. The molecule has 1 aromatic heterocycles. The Hall–Kier alpha value is -2.76. The molecule has 0 atom stereocenters. The molecule has 0 bridgehead atoms. The smallest absolute Gasteiger partial charge is 0.231 e. The molecule has 1 aromatic carbocycles. The molecule has 142 valence electrons. The van der Waals surface area contributed by atoms with Crippen LogP contribution in [0.5, 0.6) is 11.5 Å². The third-order valence-corrected chi connectivity index (χ3v) is 5.33. The molecule has 27 heavy (non-hydrogen) atoms. The number of hydrogen-bond acceptors (Lipinski definition) is 5. The van der Waals surface area contributed by atoms with Crippen molar-refractivity contribution in [1.29, 1.82) is 0 Å². The van der Waals surface area contributed by atoms with Crippen LogP contribution in [-0.2, 0) is 11.3 Å². The number of amides is 1. The van der Waals surface area contributed by atoms with Crippen LogP contribution in [0.2, 0.25) is 0 Å². The van der Waals surface area contributed by atoms with Gasteiger partial charge < -0.3 is 19.3 Å². The number of piperidine rings is 1. The first-order chi connectivity index (χ1) is 13.1. The Morgan fingerprint density at radius 3 is 2.78 bits per heavy atom. The van der Waals surface area contributed by atoms with E-state index in [1.165, 1.54) is 0 Å². The number of ether oxygens (including phenoxy) is 2. The number of aromatic nitrogens is 1. The number of benzene rings is 1. The molecule has 6 nitrogen and oxygen atoms in total. The van der Waals surface area contributed by atoms with E-state index >= 15 is 0 Å². The molecule has 0 spiro atoms. The number of carbonyl (C=O) groups excluding carboxylic acids is 1. The van der Waals surface area contributed by atoms with Gasteiger partial charge in [0.1, 0.15) is 5.82 Å². The summed E-state index contributed by atoms with van der Waals surface area (Å²) in [5.74, 6) is 2.77. The number of nitrogens with zero attached hydrogens (tertiary/aromatic N) is 3. The number of fused-ring (bicyclic) bond motifs is 1. The molecule has 0 aliphatic carbocycles. The second-order valence-electron chi connectivity index (χ2n) is 7.30.